The highest BCUT2D eigenvalue weighted by molar-refractivity contribution is 6.25. The molecule has 5 aliphatic heterocycles. The van der Waals surface area contributed by atoms with Crippen LogP contribution in [0, 0.1) is 18.7 Å². The third-order valence-electron chi connectivity index (χ3n) is 15.1. The number of pyridine rings is 2. The second-order valence-corrected chi connectivity index (χ2v) is 20.0. The molecule has 20 nitrogen and oxygen atoms in total. The van der Waals surface area contributed by atoms with Gasteiger partial charge in [0.1, 0.15) is 35.3 Å². The van der Waals surface area contributed by atoms with Gasteiger partial charge in [-0.1, -0.05) is 6.07 Å². The number of hydrogen-bond acceptors (Lipinski definition) is 15. The maximum Gasteiger partial charge on any atom is 0.264 e. The van der Waals surface area contributed by atoms with Crippen molar-refractivity contribution in [2.75, 3.05) is 81.9 Å². The number of nitrogens with one attached hydrogen (secondary N) is 2. The number of aldehydes is 1. The fraction of sp³-hybridized carbons (Fsp3) is 0.407. The van der Waals surface area contributed by atoms with Crippen molar-refractivity contribution in [1.29, 1.82) is 0 Å². The van der Waals surface area contributed by atoms with E-state index in [1.165, 1.54) is 0 Å². The van der Waals surface area contributed by atoms with Gasteiger partial charge in [-0.3, -0.25) is 48.3 Å². The summed E-state index contributed by atoms with van der Waals surface area (Å²) in [5.41, 5.74) is 12.1. The number of hydrogen-bond donors (Lipinski definition) is 3. The predicted molar refractivity (Wildman–Crippen MR) is 278 cm³/mol. The number of nitrogen functional groups attached to an aromatic ring is 1. The Balaban J connectivity index is 0.000000181. The van der Waals surface area contributed by atoms with E-state index in [2.05, 4.69) is 47.4 Å². The van der Waals surface area contributed by atoms with Crippen LogP contribution < -0.4 is 21.3 Å². The third-order valence-corrected chi connectivity index (χ3v) is 15.1. The Morgan fingerprint density at radius 1 is 0.893 bits per heavy atom. The molecule has 21 heteroatoms. The molecule has 1 unspecified atom stereocenters. The Bertz CT molecular complexity index is 3150. The summed E-state index contributed by atoms with van der Waals surface area (Å²) >= 11 is 0. The van der Waals surface area contributed by atoms with Crippen molar-refractivity contribution in [3.05, 3.63) is 108 Å². The smallest absolute Gasteiger partial charge is 0.264 e. The van der Waals surface area contributed by atoms with Crippen LogP contribution in [-0.2, 0) is 25.7 Å². The zero-order valence-corrected chi connectivity index (χ0v) is 42.2. The maximum absolute atomic E-state index is 15.1. The van der Waals surface area contributed by atoms with Gasteiger partial charge in [-0.25, -0.2) is 19.3 Å². The first kappa shape index (κ1) is 50.6. The third kappa shape index (κ3) is 10.9. The number of likely N-dealkylation sites (tertiary alicyclic amines) is 2. The van der Waals surface area contributed by atoms with Crippen LogP contribution in [0.1, 0.15) is 83.1 Å². The number of imide groups is 2. The van der Waals surface area contributed by atoms with Crippen LogP contribution in [0.3, 0.4) is 0 Å². The van der Waals surface area contributed by atoms with Crippen LogP contribution in [-0.4, -0.2) is 157 Å². The van der Waals surface area contributed by atoms with Gasteiger partial charge in [0.25, 0.3) is 11.8 Å². The molecule has 4 fully saturated rings. The molecule has 75 heavy (non-hydrogen) atoms. The van der Waals surface area contributed by atoms with E-state index < -0.39 is 29.7 Å². The van der Waals surface area contributed by atoms with Gasteiger partial charge in [-0.2, -0.15) is 5.10 Å². The second kappa shape index (κ2) is 21.9. The van der Waals surface area contributed by atoms with Crippen molar-refractivity contribution in [2.24, 2.45) is 5.92 Å². The zero-order valence-electron chi connectivity index (χ0n) is 42.2. The lowest BCUT2D eigenvalue weighted by Gasteiger charge is -2.35. The Morgan fingerprint density at radius 2 is 1.68 bits per heavy atom. The van der Waals surface area contributed by atoms with Crippen LogP contribution in [0.4, 0.5) is 21.6 Å². The molecular weight excluding hydrogens is 960 g/mol. The molecule has 11 rings (SSSR count). The monoisotopic (exact) mass is 1020 g/mol. The van der Waals surface area contributed by atoms with E-state index in [-0.39, 0.29) is 41.7 Å². The number of amides is 5. The highest BCUT2D eigenvalue weighted by atomic mass is 19.1. The van der Waals surface area contributed by atoms with Crippen LogP contribution >= 0.6 is 0 Å². The highest BCUT2D eigenvalue weighted by Crippen LogP contribution is 2.34. The van der Waals surface area contributed by atoms with Crippen LogP contribution in [0.2, 0.25) is 0 Å². The van der Waals surface area contributed by atoms with Crippen molar-refractivity contribution in [2.45, 2.75) is 70.5 Å². The van der Waals surface area contributed by atoms with E-state index in [0.29, 0.717) is 67.0 Å². The summed E-state index contributed by atoms with van der Waals surface area (Å²) in [6.45, 7) is 9.37. The molecule has 5 amide bonds. The molecular formula is C54H61FN14O6. The number of halogens is 1. The number of carbonyl (C=O) groups is 6. The minimum Gasteiger partial charge on any atom is -0.384 e. The van der Waals surface area contributed by atoms with Crippen LogP contribution in [0.5, 0.6) is 0 Å². The molecule has 4 aromatic heterocycles. The topological polar surface area (TPSA) is 230 Å². The number of benzene rings is 2. The Kier molecular flexibility index (Phi) is 14.8. The molecule has 6 aromatic rings. The van der Waals surface area contributed by atoms with E-state index in [9.17, 15) is 28.8 Å². The molecule has 0 radical (unpaired) electrons. The highest BCUT2D eigenvalue weighted by Gasteiger charge is 2.45. The molecule has 5 aliphatic rings. The summed E-state index contributed by atoms with van der Waals surface area (Å²) in [6.07, 6.45) is 10.6. The fourth-order valence-corrected chi connectivity index (χ4v) is 10.8. The lowest BCUT2D eigenvalue weighted by atomic mass is 9.92. The summed E-state index contributed by atoms with van der Waals surface area (Å²) in [6, 6.07) is 17.0. The first-order valence-corrected chi connectivity index (χ1v) is 25.7. The Hall–Kier alpha value is -7.91. The zero-order chi connectivity index (χ0) is 52.3. The van der Waals surface area contributed by atoms with E-state index in [1.807, 2.05) is 57.6 Å². The second-order valence-electron chi connectivity index (χ2n) is 20.0. The van der Waals surface area contributed by atoms with Gasteiger partial charge in [-0.15, -0.1) is 0 Å². The van der Waals surface area contributed by atoms with Crippen molar-refractivity contribution in [1.82, 2.24) is 54.2 Å². The van der Waals surface area contributed by atoms with Gasteiger partial charge < -0.3 is 30.5 Å². The number of carbonyl (C=O) groups excluding carboxylic acids is 6. The summed E-state index contributed by atoms with van der Waals surface area (Å²) in [5, 5.41) is 10.0. The number of nitrogens with zero attached hydrogens (tertiary/aromatic N) is 11. The Labute approximate surface area is 433 Å². The number of rotatable bonds is 12. The lowest BCUT2D eigenvalue weighted by molar-refractivity contribution is -0.136. The number of nitrogens with two attached hydrogens (primary N) is 1. The molecule has 2 aromatic carbocycles. The van der Waals surface area contributed by atoms with Crippen molar-refractivity contribution < 1.29 is 33.2 Å². The maximum atomic E-state index is 15.1. The number of likely N-dealkylation sites (N-methyl/N-ethyl adjacent to an activating group) is 1. The quantitative estimate of drug-likeness (QED) is 0.112. The first-order valence-electron chi connectivity index (χ1n) is 25.7. The summed E-state index contributed by atoms with van der Waals surface area (Å²) in [7, 11) is 2.09. The van der Waals surface area contributed by atoms with E-state index in [4.69, 9.17) is 10.7 Å². The molecule has 9 heterocycles. The average Bonchev–Trinajstić information content (AvgIpc) is 4.10. The van der Waals surface area contributed by atoms with Crippen molar-refractivity contribution in [3.63, 3.8) is 0 Å². The molecule has 4 N–H and O–H groups in total. The average molecular weight is 1020 g/mol. The number of imidazole rings is 1. The van der Waals surface area contributed by atoms with Gasteiger partial charge in [0, 0.05) is 93.9 Å². The largest absolute Gasteiger partial charge is 0.384 e. The molecule has 0 spiro atoms. The van der Waals surface area contributed by atoms with Crippen molar-refractivity contribution in [3.8, 4) is 16.9 Å². The lowest BCUT2D eigenvalue weighted by Crippen LogP contribution is -2.54. The summed E-state index contributed by atoms with van der Waals surface area (Å²) < 4.78 is 18.9. The molecule has 390 valence electrons. The minimum absolute atomic E-state index is 0.0674. The molecule has 0 aliphatic carbocycles. The summed E-state index contributed by atoms with van der Waals surface area (Å²) in [4.78, 5) is 97.0. The number of fused-ring (bicyclic) bond motifs is 2. The van der Waals surface area contributed by atoms with Crippen molar-refractivity contribution >= 4 is 64.2 Å². The number of piperazine rings is 1. The first-order chi connectivity index (χ1) is 36.3. The van der Waals surface area contributed by atoms with E-state index >= 15 is 4.39 Å². The number of aryl methyl sites for hydroxylation is 1. The molecule has 0 saturated carbocycles. The molecule has 1 atom stereocenters. The van der Waals surface area contributed by atoms with E-state index in [1.54, 1.807) is 42.7 Å². The normalized spacial score (nSPS) is 19.0. The predicted octanol–water partition coefficient (Wildman–Crippen LogP) is 4.62. The van der Waals surface area contributed by atoms with E-state index in [0.717, 1.165) is 104 Å². The van der Waals surface area contributed by atoms with Crippen LogP contribution in [0.25, 0.3) is 28.1 Å². The van der Waals surface area contributed by atoms with Gasteiger partial charge in [0.2, 0.25) is 17.7 Å². The van der Waals surface area contributed by atoms with Gasteiger partial charge in [0.15, 0.2) is 5.65 Å². The standard InChI is InChI=1S/C31H37N7O6.C23H24FN7/c39-15-14-35-10-6-20(7-11-35)16-27(41)36-12-8-22(9-13-36)37-19-21(18-33-37)17-32-24-3-1-2-23-28(24)31(44)38(30(23)43)25-4-5-26(40)34-29(25)42;1-15-27-20-5-4-19(16-7-8-26-22(25)13-16)28-23(20)31(15)17-3-6-21(18(24)14-17)30-11-9-29(2)10-12-30/h1-3,15,18-20,22,25,32H,4-14,16-17H2,(H,34,40,42);3-8,13-14H,9-12H2,1-2H3,(H2,25,26). The number of anilines is 3. The van der Waals surface area contributed by atoms with Crippen LogP contribution in [0.15, 0.2) is 79.3 Å². The molecule has 4 saturated heterocycles. The van der Waals surface area contributed by atoms with Gasteiger partial charge in [-0.05, 0) is 114 Å². The fourth-order valence-electron chi connectivity index (χ4n) is 10.8. The SMILES string of the molecule is Cc1nc2ccc(-c3ccnc(N)c3)nc2n1-c1ccc(N2CCN(C)CC2)c(F)c1.O=CCN1CCC(CC(=O)N2CCC(n3cc(CNc4cccc5c4C(=O)N(C4CCC(=O)NC4=O)C5=O)cn3)CC2)CC1. The Morgan fingerprint density at radius 3 is 2.41 bits per heavy atom. The minimum atomic E-state index is -1.01. The number of piperidine rings is 3. The molecule has 0 bridgehead atoms. The van der Waals surface area contributed by atoms with Gasteiger partial charge in [0.05, 0.1) is 47.0 Å². The van der Waals surface area contributed by atoms with Gasteiger partial charge >= 0.3 is 0 Å². The number of aromatic nitrogens is 6. The summed E-state index contributed by atoms with van der Waals surface area (Å²) in [5.74, 6) is -0.604.